The Bertz CT molecular complexity index is 870. The summed E-state index contributed by atoms with van der Waals surface area (Å²) in [7, 11) is 0. The Morgan fingerprint density at radius 1 is 0.500 bits per heavy atom. The van der Waals surface area contributed by atoms with E-state index in [1.54, 1.807) is 36.4 Å². The van der Waals surface area contributed by atoms with E-state index in [4.69, 9.17) is 0 Å². The topological polar surface area (TPSA) is 74.6 Å². The maximum absolute atomic E-state index is 12.3. The third-order valence-electron chi connectivity index (χ3n) is 7.08. The maximum atomic E-state index is 12.3. The molecule has 0 unspecified atom stereocenters. The van der Waals surface area contributed by atoms with Gasteiger partial charge in [0, 0.05) is 24.0 Å². The van der Waals surface area contributed by atoms with E-state index in [0.717, 1.165) is 47.9 Å². The van der Waals surface area contributed by atoms with E-state index in [1.165, 1.54) is 64.2 Å². The Balaban J connectivity index is 1.35. The number of hydrogen-bond acceptors (Lipinski definition) is 4. The summed E-state index contributed by atoms with van der Waals surface area (Å²) >= 11 is 0. The first-order chi connectivity index (χ1) is 17.4. The van der Waals surface area contributed by atoms with Gasteiger partial charge in [0.15, 0.2) is 11.6 Å². The van der Waals surface area contributed by atoms with Crippen LogP contribution >= 0.6 is 0 Å². The van der Waals surface area contributed by atoms with Crippen molar-refractivity contribution < 1.29 is 19.8 Å². The van der Waals surface area contributed by atoms with Crippen LogP contribution in [0.5, 0.6) is 11.5 Å². The van der Waals surface area contributed by atoms with Crippen LogP contribution < -0.4 is 0 Å². The minimum absolute atomic E-state index is 0.185. The molecule has 36 heavy (non-hydrogen) atoms. The fourth-order valence-corrected chi connectivity index (χ4v) is 4.88. The zero-order valence-corrected chi connectivity index (χ0v) is 22.5. The number of hydrogen-bond donors (Lipinski definition) is 2. The molecule has 0 saturated carbocycles. The molecule has 0 atom stereocenters. The number of aromatic hydroxyl groups is 2. The zero-order valence-electron chi connectivity index (χ0n) is 22.5. The number of phenols is 2. The van der Waals surface area contributed by atoms with Gasteiger partial charge < -0.3 is 10.2 Å². The van der Waals surface area contributed by atoms with E-state index >= 15 is 0 Å². The lowest BCUT2D eigenvalue weighted by atomic mass is 9.99. The standard InChI is InChI=1S/C32H46O4/c1-25-23-27(33)19-21-29(25)31(35)17-15-13-11-9-7-5-3-4-6-8-10-12-14-16-18-32(36)30-22-20-28(34)24-26(30)2/h19-24,33-34H,3-18H2,1-2H3. The molecule has 0 bridgehead atoms. The SMILES string of the molecule is Cc1cc(O)ccc1C(=O)CCCCCCCCCCCCCCCCC(=O)c1ccc(O)cc1C. The summed E-state index contributed by atoms with van der Waals surface area (Å²) < 4.78 is 0. The van der Waals surface area contributed by atoms with Crippen molar-refractivity contribution in [2.24, 2.45) is 0 Å². The van der Waals surface area contributed by atoms with E-state index in [2.05, 4.69) is 0 Å². The van der Waals surface area contributed by atoms with Crippen molar-refractivity contribution in [3.8, 4) is 11.5 Å². The number of phenolic OH excluding ortho intramolecular Hbond substituents is 2. The molecule has 0 fully saturated rings. The highest BCUT2D eigenvalue weighted by Crippen LogP contribution is 2.20. The second-order valence-corrected chi connectivity index (χ2v) is 10.3. The number of unbranched alkanes of at least 4 members (excludes halogenated alkanes) is 13. The van der Waals surface area contributed by atoms with E-state index in [1.807, 2.05) is 13.8 Å². The lowest BCUT2D eigenvalue weighted by Gasteiger charge is -2.06. The van der Waals surface area contributed by atoms with Crippen LogP contribution in [-0.4, -0.2) is 21.8 Å². The Labute approximate surface area is 218 Å². The van der Waals surface area contributed by atoms with Crippen molar-refractivity contribution in [2.45, 2.75) is 117 Å². The van der Waals surface area contributed by atoms with Crippen LogP contribution in [0.4, 0.5) is 0 Å². The van der Waals surface area contributed by atoms with E-state index < -0.39 is 0 Å². The molecule has 4 heteroatoms. The first-order valence-electron chi connectivity index (χ1n) is 14.0. The second-order valence-electron chi connectivity index (χ2n) is 10.3. The second kappa shape index (κ2) is 16.9. The van der Waals surface area contributed by atoms with Gasteiger partial charge >= 0.3 is 0 Å². The molecule has 2 aromatic rings. The van der Waals surface area contributed by atoms with Crippen LogP contribution in [0.25, 0.3) is 0 Å². The normalized spacial score (nSPS) is 11.1. The van der Waals surface area contributed by atoms with Gasteiger partial charge in [-0.3, -0.25) is 9.59 Å². The van der Waals surface area contributed by atoms with Crippen LogP contribution in [0.3, 0.4) is 0 Å². The summed E-state index contributed by atoms with van der Waals surface area (Å²) in [6, 6.07) is 9.95. The van der Waals surface area contributed by atoms with E-state index in [0.29, 0.717) is 12.8 Å². The molecule has 2 rings (SSSR count). The lowest BCUT2D eigenvalue weighted by molar-refractivity contribution is 0.0970. The Morgan fingerprint density at radius 2 is 0.778 bits per heavy atom. The Morgan fingerprint density at radius 3 is 1.06 bits per heavy atom. The zero-order chi connectivity index (χ0) is 26.2. The minimum Gasteiger partial charge on any atom is -0.508 e. The van der Waals surface area contributed by atoms with Crippen molar-refractivity contribution in [3.63, 3.8) is 0 Å². The molecular weight excluding hydrogens is 448 g/mol. The highest BCUT2D eigenvalue weighted by molar-refractivity contribution is 5.98. The van der Waals surface area contributed by atoms with Crippen LogP contribution in [0.1, 0.15) is 135 Å². The van der Waals surface area contributed by atoms with Crippen LogP contribution in [0.2, 0.25) is 0 Å². The molecule has 198 valence electrons. The summed E-state index contributed by atoms with van der Waals surface area (Å²) in [6.07, 6.45) is 18.1. The number of Topliss-reactive ketones (excluding diaryl/α,β-unsaturated/α-hetero) is 2. The first-order valence-corrected chi connectivity index (χ1v) is 14.0. The number of carbonyl (C=O) groups is 2. The highest BCUT2D eigenvalue weighted by Gasteiger charge is 2.10. The minimum atomic E-state index is 0.185. The fourth-order valence-electron chi connectivity index (χ4n) is 4.88. The number of benzene rings is 2. The fraction of sp³-hybridized carbons (Fsp3) is 0.562. The molecule has 0 aliphatic carbocycles. The smallest absolute Gasteiger partial charge is 0.163 e. The van der Waals surface area contributed by atoms with Gasteiger partial charge in [0.2, 0.25) is 0 Å². The van der Waals surface area contributed by atoms with Gasteiger partial charge in [-0.25, -0.2) is 0 Å². The van der Waals surface area contributed by atoms with Gasteiger partial charge in [0.1, 0.15) is 11.5 Å². The number of rotatable bonds is 19. The predicted octanol–water partition coefficient (Wildman–Crippen LogP) is 9.02. The van der Waals surface area contributed by atoms with Gasteiger partial charge in [-0.1, -0.05) is 77.0 Å². The lowest BCUT2D eigenvalue weighted by Crippen LogP contribution is -2.01. The average molecular weight is 495 g/mol. The van der Waals surface area contributed by atoms with Gasteiger partial charge in [-0.15, -0.1) is 0 Å². The molecule has 0 amide bonds. The van der Waals surface area contributed by atoms with Crippen molar-refractivity contribution in [3.05, 3.63) is 58.7 Å². The molecule has 0 aliphatic heterocycles. The monoisotopic (exact) mass is 494 g/mol. The number of carbonyl (C=O) groups excluding carboxylic acids is 2. The third kappa shape index (κ3) is 11.4. The highest BCUT2D eigenvalue weighted by atomic mass is 16.3. The van der Waals surface area contributed by atoms with E-state index in [-0.39, 0.29) is 23.1 Å². The van der Waals surface area contributed by atoms with E-state index in [9.17, 15) is 19.8 Å². The largest absolute Gasteiger partial charge is 0.508 e. The molecule has 4 nitrogen and oxygen atoms in total. The summed E-state index contributed by atoms with van der Waals surface area (Å²) in [5.74, 6) is 0.800. The average Bonchev–Trinajstić information content (AvgIpc) is 2.83. The van der Waals surface area contributed by atoms with Crippen LogP contribution in [0, 0.1) is 13.8 Å². The Hall–Kier alpha value is -2.62. The van der Waals surface area contributed by atoms with Crippen molar-refractivity contribution >= 4 is 11.6 Å². The van der Waals surface area contributed by atoms with Gasteiger partial charge in [0.05, 0.1) is 0 Å². The molecule has 0 spiro atoms. The molecule has 0 saturated heterocycles. The maximum Gasteiger partial charge on any atom is 0.163 e. The molecular formula is C32H46O4. The molecule has 0 aromatic heterocycles. The molecule has 0 radical (unpaired) electrons. The Kier molecular flexibility index (Phi) is 13.9. The predicted molar refractivity (Wildman–Crippen MR) is 148 cm³/mol. The van der Waals surface area contributed by atoms with Crippen molar-refractivity contribution in [2.75, 3.05) is 0 Å². The van der Waals surface area contributed by atoms with Gasteiger partial charge in [0.25, 0.3) is 0 Å². The summed E-state index contributed by atoms with van der Waals surface area (Å²) in [5.41, 5.74) is 3.19. The summed E-state index contributed by atoms with van der Waals surface area (Å²) in [4.78, 5) is 24.6. The first kappa shape index (κ1) is 29.6. The molecule has 0 heterocycles. The van der Waals surface area contributed by atoms with Gasteiger partial charge in [-0.05, 0) is 74.2 Å². The van der Waals surface area contributed by atoms with Crippen LogP contribution in [-0.2, 0) is 0 Å². The summed E-state index contributed by atoms with van der Waals surface area (Å²) in [6.45, 7) is 3.75. The van der Waals surface area contributed by atoms with Gasteiger partial charge in [-0.2, -0.15) is 0 Å². The molecule has 2 aromatic carbocycles. The quantitative estimate of drug-likeness (QED) is 0.151. The van der Waals surface area contributed by atoms with Crippen molar-refractivity contribution in [1.29, 1.82) is 0 Å². The number of ketones is 2. The van der Waals surface area contributed by atoms with Crippen LogP contribution in [0.15, 0.2) is 36.4 Å². The third-order valence-corrected chi connectivity index (χ3v) is 7.08. The molecule has 2 N–H and O–H groups in total. The number of aryl methyl sites for hydroxylation is 2. The molecule has 0 aliphatic rings. The summed E-state index contributed by atoms with van der Waals surface area (Å²) in [5, 5.41) is 18.9. The van der Waals surface area contributed by atoms with Crippen molar-refractivity contribution in [1.82, 2.24) is 0 Å².